The van der Waals surface area contributed by atoms with Crippen molar-refractivity contribution >= 4 is 23.3 Å². The zero-order valence-corrected chi connectivity index (χ0v) is 11.9. The Bertz CT molecular complexity index is 630. The van der Waals surface area contributed by atoms with Crippen LogP contribution in [0.5, 0.6) is 0 Å². The van der Waals surface area contributed by atoms with Gasteiger partial charge in [-0.15, -0.1) is 0 Å². The molecule has 96 valence electrons. The van der Waals surface area contributed by atoms with Crippen LogP contribution < -0.4 is 0 Å². The van der Waals surface area contributed by atoms with Crippen molar-refractivity contribution in [3.63, 3.8) is 0 Å². The number of nitrogens with one attached hydrogen (secondary N) is 1. The summed E-state index contributed by atoms with van der Waals surface area (Å²) >= 11 is 5.53. The number of rotatable bonds is 1. The molecule has 3 rings (SSSR count). The lowest BCUT2D eigenvalue weighted by Crippen LogP contribution is -2.12. The first-order valence-electron chi connectivity index (χ1n) is 6.88. The van der Waals surface area contributed by atoms with Gasteiger partial charge in [0, 0.05) is 6.04 Å². The topological polar surface area (TPSA) is 20.7 Å². The van der Waals surface area contributed by atoms with Crippen LogP contribution in [0.1, 0.15) is 49.3 Å². The molecule has 0 unspecified atom stereocenters. The van der Waals surface area contributed by atoms with Gasteiger partial charge in [-0.1, -0.05) is 19.3 Å². The quantitative estimate of drug-likeness (QED) is 0.729. The molecular weight excluding hydrogens is 240 g/mol. The van der Waals surface area contributed by atoms with Crippen molar-refractivity contribution < 1.29 is 0 Å². The van der Waals surface area contributed by atoms with Crippen LogP contribution in [0.2, 0.25) is 0 Å². The highest BCUT2D eigenvalue weighted by molar-refractivity contribution is 7.71. The molecule has 0 bridgehead atoms. The van der Waals surface area contributed by atoms with Gasteiger partial charge in [-0.25, -0.2) is 0 Å². The highest BCUT2D eigenvalue weighted by Crippen LogP contribution is 2.32. The first kappa shape index (κ1) is 12.0. The standard InChI is InChI=1S/C15H20N2S/c1-10-8-13-14(9-11(10)2)17(15(18)16-13)12-6-4-3-5-7-12/h8-9,12H,3-7H2,1-2H3,(H,16,18). The highest BCUT2D eigenvalue weighted by atomic mass is 32.1. The number of imidazole rings is 1. The first-order chi connectivity index (χ1) is 8.66. The summed E-state index contributed by atoms with van der Waals surface area (Å²) < 4.78 is 3.25. The maximum absolute atomic E-state index is 5.53. The maximum Gasteiger partial charge on any atom is 0.178 e. The van der Waals surface area contributed by atoms with Crippen LogP contribution in [0.4, 0.5) is 0 Å². The van der Waals surface area contributed by atoms with Gasteiger partial charge in [0.1, 0.15) is 0 Å². The van der Waals surface area contributed by atoms with E-state index in [1.54, 1.807) is 0 Å². The van der Waals surface area contributed by atoms with Crippen LogP contribution in [0, 0.1) is 18.6 Å². The van der Waals surface area contributed by atoms with Gasteiger partial charge in [-0.3, -0.25) is 0 Å². The van der Waals surface area contributed by atoms with E-state index in [9.17, 15) is 0 Å². The van der Waals surface area contributed by atoms with E-state index in [1.807, 2.05) is 0 Å². The number of aromatic nitrogens is 2. The summed E-state index contributed by atoms with van der Waals surface area (Å²) in [5, 5.41) is 0. The minimum absolute atomic E-state index is 0.599. The molecule has 2 aromatic rings. The number of hydrogen-bond acceptors (Lipinski definition) is 1. The number of benzene rings is 1. The molecule has 1 aliphatic carbocycles. The van der Waals surface area contributed by atoms with Gasteiger partial charge < -0.3 is 9.55 Å². The lowest BCUT2D eigenvalue weighted by atomic mass is 9.95. The fraction of sp³-hybridized carbons (Fsp3) is 0.533. The van der Waals surface area contributed by atoms with Crippen molar-refractivity contribution in [2.45, 2.75) is 52.0 Å². The molecule has 1 heterocycles. The molecule has 2 nitrogen and oxygen atoms in total. The van der Waals surface area contributed by atoms with Crippen molar-refractivity contribution in [3.8, 4) is 0 Å². The molecule has 0 radical (unpaired) electrons. The predicted molar refractivity (Wildman–Crippen MR) is 78.7 cm³/mol. The van der Waals surface area contributed by atoms with Crippen LogP contribution in [0.3, 0.4) is 0 Å². The molecule has 18 heavy (non-hydrogen) atoms. The largest absolute Gasteiger partial charge is 0.331 e. The Morgan fingerprint density at radius 3 is 2.50 bits per heavy atom. The van der Waals surface area contributed by atoms with E-state index in [0.717, 1.165) is 4.77 Å². The third-order valence-electron chi connectivity index (χ3n) is 4.27. The van der Waals surface area contributed by atoms with Crippen molar-refractivity contribution in [3.05, 3.63) is 28.0 Å². The lowest BCUT2D eigenvalue weighted by molar-refractivity contribution is 0.357. The van der Waals surface area contributed by atoms with Gasteiger partial charge in [0.05, 0.1) is 11.0 Å². The normalized spacial score (nSPS) is 17.4. The fourth-order valence-corrected chi connectivity index (χ4v) is 3.44. The molecule has 1 fully saturated rings. The molecule has 1 aliphatic rings. The highest BCUT2D eigenvalue weighted by Gasteiger charge is 2.18. The first-order valence-corrected chi connectivity index (χ1v) is 7.29. The van der Waals surface area contributed by atoms with Gasteiger partial charge >= 0.3 is 0 Å². The lowest BCUT2D eigenvalue weighted by Gasteiger charge is -2.23. The molecule has 0 amide bonds. The van der Waals surface area contributed by atoms with Crippen molar-refractivity contribution in [1.82, 2.24) is 9.55 Å². The van der Waals surface area contributed by atoms with Crippen molar-refractivity contribution in [1.29, 1.82) is 0 Å². The SMILES string of the molecule is Cc1cc2[nH]c(=S)n(C3CCCCC3)c2cc1C. The van der Waals surface area contributed by atoms with E-state index in [1.165, 1.54) is 54.3 Å². The third-order valence-corrected chi connectivity index (χ3v) is 4.57. The number of fused-ring (bicyclic) bond motifs is 1. The van der Waals surface area contributed by atoms with Crippen LogP contribution in [0.25, 0.3) is 11.0 Å². The maximum atomic E-state index is 5.53. The smallest absolute Gasteiger partial charge is 0.178 e. The van der Waals surface area contributed by atoms with E-state index in [4.69, 9.17) is 12.2 Å². The summed E-state index contributed by atoms with van der Waals surface area (Å²) in [6, 6.07) is 5.10. The molecular formula is C15H20N2S. The van der Waals surface area contributed by atoms with Gasteiger partial charge in [0.2, 0.25) is 0 Å². The molecule has 3 heteroatoms. The number of aromatic amines is 1. The van der Waals surface area contributed by atoms with E-state index in [0.29, 0.717) is 6.04 Å². The Morgan fingerprint density at radius 1 is 1.11 bits per heavy atom. The summed E-state index contributed by atoms with van der Waals surface area (Å²) in [5.41, 5.74) is 5.15. The average Bonchev–Trinajstić information content (AvgIpc) is 2.66. The predicted octanol–water partition coefficient (Wildman–Crippen LogP) is 4.82. The zero-order valence-electron chi connectivity index (χ0n) is 11.1. The second-order valence-corrected chi connectivity index (χ2v) is 5.93. The van der Waals surface area contributed by atoms with Crippen LogP contribution in [-0.2, 0) is 0 Å². The average molecular weight is 260 g/mol. The van der Waals surface area contributed by atoms with Crippen LogP contribution in [0.15, 0.2) is 12.1 Å². The van der Waals surface area contributed by atoms with Gasteiger partial charge in [0.25, 0.3) is 0 Å². The summed E-state index contributed by atoms with van der Waals surface area (Å²) in [7, 11) is 0. The molecule has 0 aliphatic heterocycles. The van der Waals surface area contributed by atoms with Gasteiger partial charge in [-0.05, 0) is 62.2 Å². The summed E-state index contributed by atoms with van der Waals surface area (Å²) in [6.07, 6.45) is 6.60. The molecule has 0 spiro atoms. The second kappa shape index (κ2) is 4.54. The summed E-state index contributed by atoms with van der Waals surface area (Å²) in [4.78, 5) is 3.37. The van der Waals surface area contributed by atoms with Crippen LogP contribution >= 0.6 is 12.2 Å². The Labute approximate surface area is 113 Å². The van der Waals surface area contributed by atoms with E-state index < -0.39 is 0 Å². The van der Waals surface area contributed by atoms with Crippen molar-refractivity contribution in [2.24, 2.45) is 0 Å². The zero-order chi connectivity index (χ0) is 12.7. The monoisotopic (exact) mass is 260 g/mol. The summed E-state index contributed by atoms with van der Waals surface area (Å²) in [5.74, 6) is 0. The Morgan fingerprint density at radius 2 is 1.78 bits per heavy atom. The fourth-order valence-electron chi connectivity index (χ4n) is 3.09. The Kier molecular flexibility index (Phi) is 3.02. The number of aryl methyl sites for hydroxylation is 2. The number of H-pyrrole nitrogens is 1. The van der Waals surface area contributed by atoms with Gasteiger partial charge in [0.15, 0.2) is 4.77 Å². The van der Waals surface area contributed by atoms with E-state index in [-0.39, 0.29) is 0 Å². The molecule has 1 aromatic carbocycles. The molecule has 1 saturated carbocycles. The second-order valence-electron chi connectivity index (χ2n) is 5.55. The minimum Gasteiger partial charge on any atom is -0.331 e. The van der Waals surface area contributed by atoms with Crippen LogP contribution in [-0.4, -0.2) is 9.55 Å². The molecule has 1 aromatic heterocycles. The molecule has 0 saturated heterocycles. The summed E-state index contributed by atoms with van der Waals surface area (Å²) in [6.45, 7) is 4.33. The Balaban J connectivity index is 2.18. The number of nitrogens with zero attached hydrogens (tertiary/aromatic N) is 1. The van der Waals surface area contributed by atoms with E-state index >= 15 is 0 Å². The number of hydrogen-bond donors (Lipinski definition) is 1. The minimum atomic E-state index is 0.599. The van der Waals surface area contributed by atoms with E-state index in [2.05, 4.69) is 35.5 Å². The molecule has 1 N–H and O–H groups in total. The Hall–Kier alpha value is -1.09. The molecule has 0 atom stereocenters. The third kappa shape index (κ3) is 1.91. The van der Waals surface area contributed by atoms with Gasteiger partial charge in [-0.2, -0.15) is 0 Å². The van der Waals surface area contributed by atoms with Crippen molar-refractivity contribution in [2.75, 3.05) is 0 Å².